The summed E-state index contributed by atoms with van der Waals surface area (Å²) in [6, 6.07) is 0. The fraction of sp³-hybridized carbons (Fsp3) is 0. The summed E-state index contributed by atoms with van der Waals surface area (Å²) in [5.74, 6) is 0. The van der Waals surface area contributed by atoms with Gasteiger partial charge in [-0.25, -0.2) is 0 Å². The van der Waals surface area contributed by atoms with Gasteiger partial charge in [0.05, 0.1) is 0 Å². The molecule has 0 amide bonds. The quantitative estimate of drug-likeness (QED) is 0.578. The van der Waals surface area contributed by atoms with Gasteiger partial charge in [0.15, 0.2) is 0 Å². The molecule has 6 heteroatoms. The van der Waals surface area contributed by atoms with Crippen molar-refractivity contribution < 1.29 is 43.3 Å². The number of hydrogen-bond donors (Lipinski definition) is 0. The molecule has 48 valence electrons. The minimum atomic E-state index is 0. The molecule has 0 aliphatic carbocycles. The Balaban J connectivity index is 0. The molecule has 0 atom stereocenters. The zero-order chi connectivity index (χ0) is 0. The molecule has 0 aliphatic rings. The molecule has 0 aromatic rings. The fourth-order valence-corrected chi connectivity index (χ4v) is 0. The largest absolute Gasteiger partial charge is 0.269 e. The molecule has 0 saturated heterocycles. The van der Waals surface area contributed by atoms with E-state index in [1.165, 1.54) is 0 Å². The van der Waals surface area contributed by atoms with Crippen molar-refractivity contribution in [2.24, 2.45) is 0 Å². The van der Waals surface area contributed by atoms with Crippen molar-refractivity contribution in [2.45, 2.75) is 0 Å². The zero-order valence-electron chi connectivity index (χ0n) is 2.39. The molecule has 0 radical (unpaired) electrons. The first-order valence-electron chi connectivity index (χ1n) is 0. The van der Waals surface area contributed by atoms with Crippen LogP contribution in [0.25, 0.3) is 0 Å². The third-order valence-electron chi connectivity index (χ3n) is 0. The molecular formula is H5F5Os. The summed E-state index contributed by atoms with van der Waals surface area (Å²) in [6.07, 6.45) is 0. The summed E-state index contributed by atoms with van der Waals surface area (Å²) < 4.78 is 0. The van der Waals surface area contributed by atoms with E-state index in [1.54, 1.807) is 0 Å². The summed E-state index contributed by atoms with van der Waals surface area (Å²) >= 11 is 0. The minimum absolute atomic E-state index is 0. The second-order valence-electron chi connectivity index (χ2n) is 0. The number of hydrogen-bond acceptors (Lipinski definition) is 0. The third kappa shape index (κ3) is 565. The van der Waals surface area contributed by atoms with E-state index in [0.717, 1.165) is 0 Å². The Morgan fingerprint density at radius 3 is 0.333 bits per heavy atom. The Bertz CT molecular complexity index is 3.90. The van der Waals surface area contributed by atoms with Crippen LogP contribution in [0.5, 0.6) is 0 Å². The molecule has 0 unspecified atom stereocenters. The average molecular weight is 290 g/mol. The predicted octanol–water partition coefficient (Wildman–Crippen LogP) is 0.760. The summed E-state index contributed by atoms with van der Waals surface area (Å²) in [7, 11) is 0. The predicted molar refractivity (Wildman–Crippen MR) is 12.5 cm³/mol. The van der Waals surface area contributed by atoms with Crippen LogP contribution < -0.4 is 0 Å². The van der Waals surface area contributed by atoms with Gasteiger partial charge in [0.2, 0.25) is 0 Å². The van der Waals surface area contributed by atoms with E-state index in [-0.39, 0.29) is 43.3 Å². The van der Waals surface area contributed by atoms with Gasteiger partial charge >= 0.3 is 0 Å². The van der Waals surface area contributed by atoms with Crippen LogP contribution in [-0.2, 0) is 19.8 Å². The Labute approximate surface area is 44.2 Å². The van der Waals surface area contributed by atoms with Crippen LogP contribution in [0.15, 0.2) is 0 Å². The first kappa shape index (κ1) is 2140. The maximum atomic E-state index is 0. The molecule has 0 rings (SSSR count). The van der Waals surface area contributed by atoms with E-state index in [2.05, 4.69) is 0 Å². The van der Waals surface area contributed by atoms with Gasteiger partial charge in [-0.15, -0.1) is 0 Å². The van der Waals surface area contributed by atoms with E-state index in [9.17, 15) is 0 Å². The zero-order valence-corrected chi connectivity index (χ0v) is 4.94. The minimum Gasteiger partial charge on any atom is -0.269 e. The Hall–Kier alpha value is 0.286. The molecule has 0 spiro atoms. The fourth-order valence-electron chi connectivity index (χ4n) is 0. The van der Waals surface area contributed by atoms with Crippen molar-refractivity contribution in [3.8, 4) is 0 Å². The third-order valence-corrected chi connectivity index (χ3v) is 0. The van der Waals surface area contributed by atoms with Crippen molar-refractivity contribution >= 4 is 0 Å². The van der Waals surface area contributed by atoms with E-state index in [1.807, 2.05) is 0 Å². The first-order chi connectivity index (χ1) is 0. The first-order valence-corrected chi connectivity index (χ1v) is 0. The smallest absolute Gasteiger partial charge is 0 e. The van der Waals surface area contributed by atoms with E-state index in [4.69, 9.17) is 0 Å². The number of halogens is 5. The van der Waals surface area contributed by atoms with Gasteiger partial charge in [0.1, 0.15) is 0 Å². The standard InChI is InChI=1S/5FH.Os/h5*1H;. The second-order valence-corrected chi connectivity index (χ2v) is 0. The van der Waals surface area contributed by atoms with Crippen LogP contribution in [0.4, 0.5) is 23.5 Å². The molecule has 6 heavy (non-hydrogen) atoms. The molecule has 0 N–H and O–H groups in total. The van der Waals surface area contributed by atoms with Crippen molar-refractivity contribution in [1.29, 1.82) is 0 Å². The number of rotatable bonds is 0. The van der Waals surface area contributed by atoms with Crippen LogP contribution >= 0.6 is 0 Å². The molecule has 0 saturated carbocycles. The van der Waals surface area contributed by atoms with Crippen molar-refractivity contribution in [3.05, 3.63) is 0 Å². The van der Waals surface area contributed by atoms with Crippen LogP contribution in [0, 0.1) is 0 Å². The van der Waals surface area contributed by atoms with Gasteiger partial charge < -0.3 is 0 Å². The summed E-state index contributed by atoms with van der Waals surface area (Å²) in [4.78, 5) is 0. The van der Waals surface area contributed by atoms with Crippen molar-refractivity contribution in [2.75, 3.05) is 0 Å². The molecule has 0 aromatic carbocycles. The molecule has 0 heterocycles. The Morgan fingerprint density at radius 1 is 0.333 bits per heavy atom. The van der Waals surface area contributed by atoms with Gasteiger partial charge in [-0.2, -0.15) is 0 Å². The molecule has 0 bridgehead atoms. The Kier molecular flexibility index (Phi) is 423000. The van der Waals surface area contributed by atoms with Gasteiger partial charge in [-0.05, 0) is 0 Å². The summed E-state index contributed by atoms with van der Waals surface area (Å²) in [5.41, 5.74) is 0. The monoisotopic (exact) mass is 292 g/mol. The van der Waals surface area contributed by atoms with E-state index >= 15 is 0 Å². The van der Waals surface area contributed by atoms with Crippen LogP contribution in [0.3, 0.4) is 0 Å². The topological polar surface area (TPSA) is 0 Å². The van der Waals surface area contributed by atoms with Crippen molar-refractivity contribution in [1.82, 2.24) is 0 Å². The van der Waals surface area contributed by atoms with Gasteiger partial charge in [0, 0.05) is 19.8 Å². The van der Waals surface area contributed by atoms with Crippen molar-refractivity contribution in [3.63, 3.8) is 0 Å². The van der Waals surface area contributed by atoms with Crippen LogP contribution in [0.2, 0.25) is 0 Å². The molecule has 0 fully saturated rings. The summed E-state index contributed by atoms with van der Waals surface area (Å²) in [6.45, 7) is 0. The van der Waals surface area contributed by atoms with E-state index < -0.39 is 0 Å². The van der Waals surface area contributed by atoms with Gasteiger partial charge in [-0.3, -0.25) is 23.5 Å². The normalized spacial score (nSPS) is 0. The second kappa shape index (κ2) is 1180. The Morgan fingerprint density at radius 2 is 0.333 bits per heavy atom. The van der Waals surface area contributed by atoms with E-state index in [0.29, 0.717) is 0 Å². The average Bonchev–Trinajstić information content (AvgIpc) is 0. The molecule has 0 aromatic heterocycles. The van der Waals surface area contributed by atoms with Crippen LogP contribution in [0.1, 0.15) is 0 Å². The molecular weight excluding hydrogens is 285 g/mol. The van der Waals surface area contributed by atoms with Gasteiger partial charge in [0.25, 0.3) is 0 Å². The summed E-state index contributed by atoms with van der Waals surface area (Å²) in [5, 5.41) is 0. The molecule has 0 aliphatic heterocycles. The maximum Gasteiger partial charge on any atom is 0 e. The van der Waals surface area contributed by atoms with Gasteiger partial charge in [-0.1, -0.05) is 0 Å². The SMILES string of the molecule is F.F.F.F.F.[Os]. The van der Waals surface area contributed by atoms with Crippen LogP contribution in [-0.4, -0.2) is 0 Å². The molecule has 0 nitrogen and oxygen atoms in total. The maximum absolute atomic E-state index is 0.